The van der Waals surface area contributed by atoms with Gasteiger partial charge in [0, 0.05) is 24.7 Å². The summed E-state index contributed by atoms with van der Waals surface area (Å²) in [4.78, 5) is 14.0. The van der Waals surface area contributed by atoms with Gasteiger partial charge in [-0.3, -0.25) is 4.79 Å². The van der Waals surface area contributed by atoms with E-state index in [1.54, 1.807) is 6.07 Å². The fraction of sp³-hybridized carbons (Fsp3) is 0.286. The summed E-state index contributed by atoms with van der Waals surface area (Å²) in [5.41, 5.74) is 0.821. The Bertz CT molecular complexity index is 899. The first-order valence-corrected chi connectivity index (χ1v) is 9.14. The van der Waals surface area contributed by atoms with Crippen molar-refractivity contribution in [1.29, 1.82) is 0 Å². The molecule has 2 aromatic rings. The third kappa shape index (κ3) is 5.36. The molecule has 1 heterocycles. The predicted octanol–water partition coefficient (Wildman–Crippen LogP) is 2.80. The van der Waals surface area contributed by atoms with E-state index < -0.39 is 36.0 Å². The number of benzene rings is 2. The lowest BCUT2D eigenvalue weighted by Crippen LogP contribution is -2.37. The lowest BCUT2D eigenvalue weighted by Gasteiger charge is -2.30. The van der Waals surface area contributed by atoms with Crippen LogP contribution in [0.15, 0.2) is 42.5 Å². The molecular weight excluding hydrogens is 385 g/mol. The van der Waals surface area contributed by atoms with Crippen LogP contribution < -0.4 is 10.2 Å². The van der Waals surface area contributed by atoms with Crippen molar-refractivity contribution in [2.75, 3.05) is 37.8 Å². The molecule has 29 heavy (non-hydrogen) atoms. The summed E-state index contributed by atoms with van der Waals surface area (Å²) in [6.07, 6.45) is 2.19. The minimum Gasteiger partial charge on any atom is -0.394 e. The maximum absolute atomic E-state index is 14.3. The van der Waals surface area contributed by atoms with Crippen LogP contribution in [-0.2, 0) is 9.53 Å². The normalized spacial score (nSPS) is 15.5. The summed E-state index contributed by atoms with van der Waals surface area (Å²) in [5, 5.41) is 12.3. The molecule has 1 fully saturated rings. The fourth-order valence-electron chi connectivity index (χ4n) is 3.06. The number of hydrogen-bond acceptors (Lipinski definition) is 4. The number of carbonyl (C=O) groups excluding carboxylic acids is 1. The molecule has 1 aliphatic rings. The maximum Gasteiger partial charge on any atom is 0.244 e. The molecule has 0 aromatic heterocycles. The highest BCUT2D eigenvalue weighted by atomic mass is 19.1. The molecule has 1 aliphatic heterocycles. The molecule has 1 amide bonds. The standard InChI is InChI=1S/C21H21F3N2O3/c22-16-3-5-17(23)14(11-16)2-6-21(28)25-19(13-27)15-1-4-18(24)20(12-15)26-7-9-29-10-8-26/h1-6,11-12,19,27H,7-10,13H2,(H,25,28)/b6-2+. The molecule has 2 N–H and O–H groups in total. The van der Waals surface area contributed by atoms with Gasteiger partial charge in [-0.05, 0) is 42.0 Å². The average Bonchev–Trinajstić information content (AvgIpc) is 2.73. The summed E-state index contributed by atoms with van der Waals surface area (Å²) in [5.74, 6) is -2.30. The van der Waals surface area contributed by atoms with E-state index in [9.17, 15) is 23.1 Å². The summed E-state index contributed by atoms with van der Waals surface area (Å²) < 4.78 is 46.4. The van der Waals surface area contributed by atoms with Crippen LogP contribution in [0.4, 0.5) is 18.9 Å². The van der Waals surface area contributed by atoms with E-state index in [0.717, 1.165) is 30.4 Å². The van der Waals surface area contributed by atoms with Crippen LogP contribution in [0.3, 0.4) is 0 Å². The number of morpholine rings is 1. The van der Waals surface area contributed by atoms with E-state index in [1.807, 2.05) is 4.90 Å². The second-order valence-corrected chi connectivity index (χ2v) is 6.55. The molecule has 0 aliphatic carbocycles. The number of rotatable bonds is 6. The Labute approximate surface area is 166 Å². The zero-order chi connectivity index (χ0) is 20.8. The Kier molecular flexibility index (Phi) is 6.90. The minimum absolute atomic E-state index is 0.0721. The highest BCUT2D eigenvalue weighted by Gasteiger charge is 2.19. The van der Waals surface area contributed by atoms with Crippen LogP contribution in [0.5, 0.6) is 0 Å². The summed E-state index contributed by atoms with van der Waals surface area (Å²) >= 11 is 0. The van der Waals surface area contributed by atoms with Crippen molar-refractivity contribution in [3.63, 3.8) is 0 Å². The molecule has 0 radical (unpaired) electrons. The van der Waals surface area contributed by atoms with Gasteiger partial charge in [-0.2, -0.15) is 0 Å². The van der Waals surface area contributed by atoms with Crippen molar-refractivity contribution >= 4 is 17.7 Å². The van der Waals surface area contributed by atoms with Crippen LogP contribution >= 0.6 is 0 Å². The number of ether oxygens (including phenoxy) is 1. The molecule has 3 rings (SSSR count). The van der Waals surface area contributed by atoms with E-state index in [1.165, 1.54) is 12.1 Å². The molecular formula is C21H21F3N2O3. The Balaban J connectivity index is 1.73. The number of carbonyl (C=O) groups is 1. The number of amides is 1. The minimum atomic E-state index is -0.787. The molecule has 1 unspecified atom stereocenters. The van der Waals surface area contributed by atoms with E-state index in [0.29, 0.717) is 37.6 Å². The summed E-state index contributed by atoms with van der Waals surface area (Å²) in [7, 11) is 0. The second kappa shape index (κ2) is 9.58. The second-order valence-electron chi connectivity index (χ2n) is 6.55. The Morgan fingerprint density at radius 2 is 1.86 bits per heavy atom. The Hall–Kier alpha value is -2.84. The van der Waals surface area contributed by atoms with Gasteiger partial charge in [0.15, 0.2) is 0 Å². The third-order valence-corrected chi connectivity index (χ3v) is 4.60. The fourth-order valence-corrected chi connectivity index (χ4v) is 3.06. The van der Waals surface area contributed by atoms with E-state index in [4.69, 9.17) is 4.74 Å². The number of aliphatic hydroxyl groups excluding tert-OH is 1. The monoisotopic (exact) mass is 406 g/mol. The first-order valence-electron chi connectivity index (χ1n) is 9.14. The first-order chi connectivity index (χ1) is 14.0. The average molecular weight is 406 g/mol. The molecule has 1 atom stereocenters. The van der Waals surface area contributed by atoms with Crippen LogP contribution in [0.2, 0.25) is 0 Å². The van der Waals surface area contributed by atoms with Gasteiger partial charge in [0.25, 0.3) is 0 Å². The number of aliphatic hydroxyl groups is 1. The zero-order valence-corrected chi connectivity index (χ0v) is 15.6. The third-order valence-electron chi connectivity index (χ3n) is 4.60. The molecule has 2 aromatic carbocycles. The highest BCUT2D eigenvalue weighted by Crippen LogP contribution is 2.25. The van der Waals surface area contributed by atoms with E-state index in [2.05, 4.69) is 5.32 Å². The first kappa shape index (κ1) is 20.9. The smallest absolute Gasteiger partial charge is 0.244 e. The highest BCUT2D eigenvalue weighted by molar-refractivity contribution is 5.92. The van der Waals surface area contributed by atoms with Gasteiger partial charge in [0.05, 0.1) is 31.5 Å². The van der Waals surface area contributed by atoms with Crippen LogP contribution in [0.1, 0.15) is 17.2 Å². The number of halogens is 3. The van der Waals surface area contributed by atoms with Crippen molar-refractivity contribution in [1.82, 2.24) is 5.32 Å². The van der Waals surface area contributed by atoms with Crippen LogP contribution in [0.25, 0.3) is 6.08 Å². The number of nitrogens with one attached hydrogen (secondary N) is 1. The zero-order valence-electron chi connectivity index (χ0n) is 15.6. The lowest BCUT2D eigenvalue weighted by molar-refractivity contribution is -0.117. The van der Waals surface area contributed by atoms with Crippen LogP contribution in [-0.4, -0.2) is 43.9 Å². The van der Waals surface area contributed by atoms with Crippen molar-refractivity contribution in [2.24, 2.45) is 0 Å². The Morgan fingerprint density at radius 3 is 2.59 bits per heavy atom. The van der Waals surface area contributed by atoms with Gasteiger partial charge in [-0.25, -0.2) is 13.2 Å². The largest absolute Gasteiger partial charge is 0.394 e. The van der Waals surface area contributed by atoms with E-state index >= 15 is 0 Å². The number of nitrogens with zero attached hydrogens (tertiary/aromatic N) is 1. The van der Waals surface area contributed by atoms with Gasteiger partial charge in [-0.1, -0.05) is 6.07 Å². The molecule has 154 valence electrons. The van der Waals surface area contributed by atoms with Crippen LogP contribution in [0, 0.1) is 17.5 Å². The van der Waals surface area contributed by atoms with Gasteiger partial charge in [-0.15, -0.1) is 0 Å². The SMILES string of the molecule is O=C(/C=C/c1cc(F)ccc1F)NC(CO)c1ccc(F)c(N2CCOCC2)c1. The van der Waals surface area contributed by atoms with Gasteiger partial charge in [0.1, 0.15) is 17.5 Å². The predicted molar refractivity (Wildman–Crippen MR) is 103 cm³/mol. The summed E-state index contributed by atoms with van der Waals surface area (Å²) in [6.45, 7) is 1.65. The van der Waals surface area contributed by atoms with Gasteiger partial charge in [0.2, 0.25) is 5.91 Å². The van der Waals surface area contributed by atoms with Crippen molar-refractivity contribution in [3.05, 3.63) is 71.1 Å². The number of hydrogen-bond donors (Lipinski definition) is 2. The number of anilines is 1. The molecule has 0 bridgehead atoms. The van der Waals surface area contributed by atoms with Crippen molar-refractivity contribution in [3.8, 4) is 0 Å². The molecule has 5 nitrogen and oxygen atoms in total. The maximum atomic E-state index is 14.3. The lowest BCUT2D eigenvalue weighted by atomic mass is 10.1. The Morgan fingerprint density at radius 1 is 1.14 bits per heavy atom. The topological polar surface area (TPSA) is 61.8 Å². The molecule has 1 saturated heterocycles. The quantitative estimate of drug-likeness (QED) is 0.725. The summed E-state index contributed by atoms with van der Waals surface area (Å²) in [6, 6.07) is 6.48. The van der Waals surface area contributed by atoms with E-state index in [-0.39, 0.29) is 5.56 Å². The molecule has 0 saturated carbocycles. The molecule has 0 spiro atoms. The molecule has 8 heteroatoms. The van der Waals surface area contributed by atoms with Gasteiger partial charge < -0.3 is 20.1 Å². The van der Waals surface area contributed by atoms with Crippen molar-refractivity contribution in [2.45, 2.75) is 6.04 Å². The van der Waals surface area contributed by atoms with Crippen molar-refractivity contribution < 1.29 is 27.8 Å². The van der Waals surface area contributed by atoms with Gasteiger partial charge >= 0.3 is 0 Å².